The summed E-state index contributed by atoms with van der Waals surface area (Å²) in [6, 6.07) is 1.12. The molecule has 1 unspecified atom stereocenters. The van der Waals surface area contributed by atoms with Gasteiger partial charge in [-0.05, 0) is 12.6 Å². The van der Waals surface area contributed by atoms with Crippen molar-refractivity contribution in [2.45, 2.75) is 148 Å². The summed E-state index contributed by atoms with van der Waals surface area (Å²) >= 11 is 0. The van der Waals surface area contributed by atoms with Gasteiger partial charge in [0.05, 0.1) is 0 Å². The molecule has 0 aliphatic heterocycles. The van der Waals surface area contributed by atoms with Gasteiger partial charge in [0.15, 0.2) is 9.04 Å². The van der Waals surface area contributed by atoms with E-state index in [4.69, 9.17) is 0 Å². The van der Waals surface area contributed by atoms with Gasteiger partial charge in [0.2, 0.25) is 0 Å². The molecule has 0 aromatic carbocycles. The Bertz CT molecular complexity index is 230. The fraction of sp³-hybridized carbons (Fsp3) is 1.00. The number of unbranched alkanes of at least 4 members (excludes halogenated alkanes) is 19. The summed E-state index contributed by atoms with van der Waals surface area (Å²) in [5.41, 5.74) is 0. The molecular formula is C23H50OSi. The average Bonchev–Trinajstić information content (AvgIpc) is 2.60. The van der Waals surface area contributed by atoms with Gasteiger partial charge in [-0.1, -0.05) is 135 Å². The summed E-state index contributed by atoms with van der Waals surface area (Å²) in [6.07, 6.45) is 28.7. The fourth-order valence-electron chi connectivity index (χ4n) is 3.69. The van der Waals surface area contributed by atoms with Crippen LogP contribution in [0.1, 0.15) is 135 Å². The lowest BCUT2D eigenvalue weighted by molar-refractivity contribution is 0.521. The molecule has 1 N–H and O–H groups in total. The Hall–Kier alpha value is 0.177. The van der Waals surface area contributed by atoms with E-state index in [0.29, 0.717) is 0 Å². The van der Waals surface area contributed by atoms with E-state index in [1.807, 2.05) is 6.55 Å². The minimum Gasteiger partial charge on any atom is -0.435 e. The Balaban J connectivity index is 2.96. The number of hydrogen-bond donors (Lipinski definition) is 1. The Morgan fingerprint density at radius 2 is 0.680 bits per heavy atom. The van der Waals surface area contributed by atoms with E-state index >= 15 is 0 Å². The molecule has 0 spiro atoms. The van der Waals surface area contributed by atoms with E-state index in [0.717, 1.165) is 6.04 Å². The van der Waals surface area contributed by atoms with Crippen LogP contribution in [0.5, 0.6) is 0 Å². The highest BCUT2D eigenvalue weighted by molar-refractivity contribution is 6.48. The molecule has 0 saturated heterocycles. The largest absolute Gasteiger partial charge is 0.435 e. The van der Waals surface area contributed by atoms with Crippen molar-refractivity contribution in [2.24, 2.45) is 0 Å². The van der Waals surface area contributed by atoms with Gasteiger partial charge in [0.1, 0.15) is 0 Å². The van der Waals surface area contributed by atoms with E-state index < -0.39 is 9.04 Å². The third kappa shape index (κ3) is 24.2. The van der Waals surface area contributed by atoms with Crippen molar-refractivity contribution in [3.8, 4) is 0 Å². The number of hydrogen-bond acceptors (Lipinski definition) is 1. The van der Waals surface area contributed by atoms with Gasteiger partial charge in [0.25, 0.3) is 0 Å². The first-order valence-corrected chi connectivity index (χ1v) is 14.4. The molecule has 0 radical (unpaired) electrons. The van der Waals surface area contributed by atoms with Crippen molar-refractivity contribution in [1.29, 1.82) is 0 Å². The highest BCUT2D eigenvalue weighted by Gasteiger charge is 1.98. The van der Waals surface area contributed by atoms with Gasteiger partial charge in [-0.25, -0.2) is 0 Å². The molecule has 25 heavy (non-hydrogen) atoms. The molecule has 1 atom stereocenters. The van der Waals surface area contributed by atoms with Crippen LogP contribution in [0.15, 0.2) is 0 Å². The predicted molar refractivity (Wildman–Crippen MR) is 118 cm³/mol. The second kappa shape index (κ2) is 22.2. The van der Waals surface area contributed by atoms with Crippen molar-refractivity contribution in [3.63, 3.8) is 0 Å². The van der Waals surface area contributed by atoms with Crippen molar-refractivity contribution >= 4 is 9.04 Å². The highest BCUT2D eigenvalue weighted by atomic mass is 28.3. The van der Waals surface area contributed by atoms with Crippen LogP contribution in [-0.4, -0.2) is 13.8 Å². The molecule has 0 fully saturated rings. The van der Waals surface area contributed by atoms with Crippen LogP contribution in [0.2, 0.25) is 12.6 Å². The standard InChI is InChI=1S/C23H50OSi/c1-3-4-5-6-7-8-9-10-11-12-13-14-15-16-17-18-19-20-21-22-23-25(2)24/h24-25H,3-23H2,1-2H3. The van der Waals surface area contributed by atoms with E-state index in [1.165, 1.54) is 128 Å². The maximum absolute atomic E-state index is 9.34. The van der Waals surface area contributed by atoms with Crippen LogP contribution in [0, 0.1) is 0 Å². The van der Waals surface area contributed by atoms with Crippen molar-refractivity contribution < 1.29 is 4.80 Å². The van der Waals surface area contributed by atoms with E-state index in [1.54, 1.807) is 0 Å². The normalized spacial score (nSPS) is 12.6. The van der Waals surface area contributed by atoms with Crippen LogP contribution >= 0.6 is 0 Å². The first-order chi connectivity index (χ1) is 12.3. The zero-order chi connectivity index (χ0) is 18.4. The van der Waals surface area contributed by atoms with Gasteiger partial charge in [-0.2, -0.15) is 0 Å². The molecule has 2 heteroatoms. The van der Waals surface area contributed by atoms with Crippen LogP contribution in [0.4, 0.5) is 0 Å². The second-order valence-corrected chi connectivity index (χ2v) is 10.6. The molecule has 0 amide bonds. The minimum absolute atomic E-state index is 1.12. The number of rotatable bonds is 21. The van der Waals surface area contributed by atoms with Gasteiger partial charge in [0, 0.05) is 0 Å². The van der Waals surface area contributed by atoms with Crippen molar-refractivity contribution in [1.82, 2.24) is 0 Å². The lowest BCUT2D eigenvalue weighted by Gasteiger charge is -2.04. The molecule has 0 heterocycles. The molecule has 0 saturated carbocycles. The van der Waals surface area contributed by atoms with Gasteiger partial charge < -0.3 is 4.80 Å². The topological polar surface area (TPSA) is 20.2 Å². The Morgan fingerprint density at radius 1 is 0.440 bits per heavy atom. The monoisotopic (exact) mass is 370 g/mol. The maximum Gasteiger partial charge on any atom is 0.169 e. The van der Waals surface area contributed by atoms with Crippen molar-refractivity contribution in [2.75, 3.05) is 0 Å². The lowest BCUT2D eigenvalue weighted by atomic mass is 10.0. The lowest BCUT2D eigenvalue weighted by Crippen LogP contribution is -2.03. The predicted octanol–water partition coefficient (Wildman–Crippen LogP) is 8.15. The summed E-state index contributed by atoms with van der Waals surface area (Å²) in [4.78, 5) is 9.34. The zero-order valence-corrected chi connectivity index (χ0v) is 19.0. The highest BCUT2D eigenvalue weighted by Crippen LogP contribution is 2.15. The first-order valence-electron chi connectivity index (χ1n) is 12.0. The summed E-state index contributed by atoms with van der Waals surface area (Å²) in [5, 5.41) is 0. The van der Waals surface area contributed by atoms with Crippen LogP contribution < -0.4 is 0 Å². The smallest absolute Gasteiger partial charge is 0.169 e. The maximum atomic E-state index is 9.34. The summed E-state index contributed by atoms with van der Waals surface area (Å²) in [5.74, 6) is 0. The van der Waals surface area contributed by atoms with Crippen LogP contribution in [0.25, 0.3) is 0 Å². The molecule has 0 aromatic rings. The Morgan fingerprint density at radius 3 is 0.920 bits per heavy atom. The van der Waals surface area contributed by atoms with Gasteiger partial charge in [-0.3, -0.25) is 0 Å². The third-order valence-electron chi connectivity index (χ3n) is 5.48. The molecule has 0 rings (SSSR count). The quantitative estimate of drug-likeness (QED) is 0.160. The fourth-order valence-corrected chi connectivity index (χ4v) is 4.57. The van der Waals surface area contributed by atoms with Gasteiger partial charge >= 0.3 is 0 Å². The van der Waals surface area contributed by atoms with Crippen LogP contribution in [0.3, 0.4) is 0 Å². The van der Waals surface area contributed by atoms with E-state index in [9.17, 15) is 4.80 Å². The Kier molecular flexibility index (Phi) is 22.4. The SMILES string of the molecule is CCCCCCCCCCCCCCCCCCCCCC[SiH](C)O. The van der Waals surface area contributed by atoms with Crippen molar-refractivity contribution in [3.05, 3.63) is 0 Å². The minimum atomic E-state index is -1.27. The molecule has 152 valence electrons. The second-order valence-electron chi connectivity index (χ2n) is 8.36. The third-order valence-corrected chi connectivity index (χ3v) is 6.72. The zero-order valence-electron chi connectivity index (χ0n) is 17.9. The molecule has 0 aliphatic carbocycles. The summed E-state index contributed by atoms with van der Waals surface area (Å²) in [7, 11) is -1.27. The molecule has 0 aliphatic rings. The summed E-state index contributed by atoms with van der Waals surface area (Å²) < 4.78 is 0. The molecule has 1 nitrogen and oxygen atoms in total. The molecule has 0 bridgehead atoms. The average molecular weight is 371 g/mol. The van der Waals surface area contributed by atoms with Gasteiger partial charge in [-0.15, -0.1) is 0 Å². The molecular weight excluding hydrogens is 320 g/mol. The Labute approximate surface area is 162 Å². The summed E-state index contributed by atoms with van der Waals surface area (Å²) in [6.45, 7) is 4.33. The van der Waals surface area contributed by atoms with Crippen LogP contribution in [-0.2, 0) is 0 Å². The van der Waals surface area contributed by atoms with E-state index in [-0.39, 0.29) is 0 Å². The molecule has 0 aromatic heterocycles. The van der Waals surface area contributed by atoms with E-state index in [2.05, 4.69) is 6.92 Å². The first kappa shape index (κ1) is 25.2.